The second-order valence-corrected chi connectivity index (χ2v) is 4.68. The van der Waals surface area contributed by atoms with Crippen molar-refractivity contribution in [1.82, 2.24) is 15.2 Å². The molecule has 4 heteroatoms. The normalized spacial score (nSPS) is 10.4. The van der Waals surface area contributed by atoms with Crippen LogP contribution in [0.1, 0.15) is 45.9 Å². The molecule has 0 fully saturated rings. The van der Waals surface area contributed by atoms with Gasteiger partial charge in [0.25, 0.3) is 0 Å². The van der Waals surface area contributed by atoms with Crippen molar-refractivity contribution >= 4 is 10.9 Å². The Morgan fingerprint density at radius 1 is 1.17 bits per heavy atom. The summed E-state index contributed by atoms with van der Waals surface area (Å²) in [4.78, 5) is 4.01. The lowest BCUT2D eigenvalue weighted by molar-refractivity contribution is 0.589. The van der Waals surface area contributed by atoms with E-state index >= 15 is 0 Å². The van der Waals surface area contributed by atoms with Crippen LogP contribution < -0.4 is 0 Å². The molecule has 0 N–H and O–H groups in total. The van der Waals surface area contributed by atoms with Crippen LogP contribution in [0.5, 0.6) is 0 Å². The fourth-order valence-electron chi connectivity index (χ4n) is 1.80. The summed E-state index contributed by atoms with van der Waals surface area (Å²) in [5.41, 5.74) is 1.92. The van der Waals surface area contributed by atoms with Gasteiger partial charge in [0.15, 0.2) is 5.69 Å². The smallest absolute Gasteiger partial charge is 0.167 e. The number of nitriles is 1. The topological polar surface area (TPSA) is 62.5 Å². The molecule has 0 saturated carbocycles. The summed E-state index contributed by atoms with van der Waals surface area (Å²) in [7, 11) is 0. The van der Waals surface area contributed by atoms with Crippen molar-refractivity contribution in [2.24, 2.45) is 0 Å². The molecule has 0 aliphatic carbocycles. The van der Waals surface area contributed by atoms with Gasteiger partial charge in [-0.25, -0.2) is 0 Å². The number of hydrogen-bond acceptors (Lipinski definition) is 4. The number of aromatic nitrogens is 3. The average molecular weight is 242 g/mol. The lowest BCUT2D eigenvalue weighted by Crippen LogP contribution is -2.16. The van der Waals surface area contributed by atoms with Gasteiger partial charge in [-0.3, -0.25) is 4.98 Å². The molecule has 0 radical (unpaired) electrons. The standard InChI is InChI=1S/C12H12N4.C2H6/c1-12(2,3)11-8-4-5-14-7-10(8)16-15-9(11)6-13;1-2/h4-5,7H,1-3H3;1-2H3. The maximum atomic E-state index is 9.07. The predicted molar refractivity (Wildman–Crippen MR) is 72.1 cm³/mol. The van der Waals surface area contributed by atoms with Crippen LogP contribution >= 0.6 is 0 Å². The van der Waals surface area contributed by atoms with E-state index < -0.39 is 0 Å². The largest absolute Gasteiger partial charge is 0.262 e. The summed E-state index contributed by atoms with van der Waals surface area (Å²) in [6.45, 7) is 10.2. The van der Waals surface area contributed by atoms with Gasteiger partial charge in [0, 0.05) is 17.1 Å². The molecule has 18 heavy (non-hydrogen) atoms. The van der Waals surface area contributed by atoms with Crippen molar-refractivity contribution in [2.75, 3.05) is 0 Å². The first-order chi connectivity index (χ1) is 8.54. The van der Waals surface area contributed by atoms with E-state index in [1.54, 1.807) is 12.4 Å². The molecule has 2 aromatic rings. The highest BCUT2D eigenvalue weighted by Crippen LogP contribution is 2.30. The Morgan fingerprint density at radius 2 is 1.83 bits per heavy atom. The molecule has 94 valence electrons. The molecule has 0 bridgehead atoms. The summed E-state index contributed by atoms with van der Waals surface area (Å²) >= 11 is 0. The molecule has 0 aromatic carbocycles. The molecule has 2 rings (SSSR count). The number of rotatable bonds is 0. The summed E-state index contributed by atoms with van der Waals surface area (Å²) < 4.78 is 0. The van der Waals surface area contributed by atoms with Gasteiger partial charge < -0.3 is 0 Å². The molecule has 2 heterocycles. The van der Waals surface area contributed by atoms with Gasteiger partial charge in [-0.05, 0) is 11.5 Å². The molecule has 0 atom stereocenters. The zero-order chi connectivity index (χ0) is 13.8. The minimum Gasteiger partial charge on any atom is -0.262 e. The maximum absolute atomic E-state index is 9.07. The first-order valence-electron chi connectivity index (χ1n) is 6.05. The Morgan fingerprint density at radius 3 is 2.39 bits per heavy atom. The fraction of sp³-hybridized carbons (Fsp3) is 0.429. The van der Waals surface area contributed by atoms with E-state index in [1.807, 2.05) is 19.9 Å². The third kappa shape index (κ3) is 2.62. The average Bonchev–Trinajstić information content (AvgIpc) is 2.38. The fourth-order valence-corrected chi connectivity index (χ4v) is 1.80. The summed E-state index contributed by atoms with van der Waals surface area (Å²) in [6, 6.07) is 3.98. The van der Waals surface area contributed by atoms with E-state index in [4.69, 9.17) is 5.26 Å². The van der Waals surface area contributed by atoms with E-state index in [9.17, 15) is 0 Å². The Hall–Kier alpha value is -2.02. The summed E-state index contributed by atoms with van der Waals surface area (Å²) in [5, 5.41) is 18.0. The zero-order valence-electron chi connectivity index (χ0n) is 11.5. The highest BCUT2D eigenvalue weighted by atomic mass is 15.1. The monoisotopic (exact) mass is 242 g/mol. The quantitative estimate of drug-likeness (QED) is 0.711. The maximum Gasteiger partial charge on any atom is 0.167 e. The minimum absolute atomic E-state index is 0.138. The van der Waals surface area contributed by atoms with Gasteiger partial charge in [0.2, 0.25) is 0 Å². The van der Waals surface area contributed by atoms with Gasteiger partial charge in [-0.2, -0.15) is 5.26 Å². The van der Waals surface area contributed by atoms with Crippen molar-refractivity contribution in [2.45, 2.75) is 40.0 Å². The molecule has 0 aliphatic heterocycles. The Bertz CT molecular complexity index is 576. The van der Waals surface area contributed by atoms with Gasteiger partial charge in [0.1, 0.15) is 11.6 Å². The van der Waals surface area contributed by atoms with Crippen molar-refractivity contribution in [3.05, 3.63) is 29.7 Å². The highest BCUT2D eigenvalue weighted by Gasteiger charge is 2.22. The molecule has 0 saturated heterocycles. The zero-order valence-corrected chi connectivity index (χ0v) is 11.5. The number of fused-ring (bicyclic) bond motifs is 1. The Kier molecular flexibility index (Phi) is 4.33. The second-order valence-electron chi connectivity index (χ2n) is 4.68. The molecule has 0 amide bonds. The van der Waals surface area contributed by atoms with Crippen LogP contribution in [0.3, 0.4) is 0 Å². The SMILES string of the molecule is CC.CC(C)(C)c1c(C#N)nnc2cnccc12. The van der Waals surface area contributed by atoms with E-state index in [2.05, 4.69) is 42.0 Å². The number of nitrogens with zero attached hydrogens (tertiary/aromatic N) is 4. The summed E-state index contributed by atoms with van der Waals surface area (Å²) in [5.74, 6) is 0. The van der Waals surface area contributed by atoms with Crippen LogP contribution in [0.2, 0.25) is 0 Å². The molecule has 0 aliphatic rings. The molecule has 0 unspecified atom stereocenters. The Balaban J connectivity index is 0.000000771. The van der Waals surface area contributed by atoms with Crippen molar-refractivity contribution in [3.8, 4) is 6.07 Å². The lowest BCUT2D eigenvalue weighted by Gasteiger charge is -2.21. The van der Waals surface area contributed by atoms with Crippen LogP contribution in [0, 0.1) is 11.3 Å². The third-order valence-corrected chi connectivity index (χ3v) is 2.42. The number of pyridine rings is 1. The van der Waals surface area contributed by atoms with Crippen LogP contribution in [0.4, 0.5) is 0 Å². The van der Waals surface area contributed by atoms with Crippen molar-refractivity contribution < 1.29 is 0 Å². The van der Waals surface area contributed by atoms with Gasteiger partial charge in [0.05, 0.1) is 6.20 Å². The lowest BCUT2D eigenvalue weighted by atomic mass is 9.84. The predicted octanol–water partition coefficient (Wildman–Crippen LogP) is 3.22. The number of hydrogen-bond donors (Lipinski definition) is 0. The molecule has 2 aromatic heterocycles. The van der Waals surface area contributed by atoms with Crippen LogP contribution in [-0.2, 0) is 5.41 Å². The minimum atomic E-state index is -0.138. The van der Waals surface area contributed by atoms with E-state index in [0.29, 0.717) is 5.69 Å². The first kappa shape index (κ1) is 14.0. The van der Waals surface area contributed by atoms with Gasteiger partial charge >= 0.3 is 0 Å². The second kappa shape index (κ2) is 5.54. The van der Waals surface area contributed by atoms with E-state index in [0.717, 1.165) is 16.5 Å². The molecule has 0 spiro atoms. The first-order valence-corrected chi connectivity index (χ1v) is 6.05. The van der Waals surface area contributed by atoms with E-state index in [1.165, 1.54) is 0 Å². The third-order valence-electron chi connectivity index (χ3n) is 2.42. The van der Waals surface area contributed by atoms with Crippen LogP contribution in [0.15, 0.2) is 18.5 Å². The van der Waals surface area contributed by atoms with Gasteiger partial charge in [-0.1, -0.05) is 34.6 Å². The van der Waals surface area contributed by atoms with Crippen LogP contribution in [0.25, 0.3) is 10.9 Å². The molecular weight excluding hydrogens is 224 g/mol. The van der Waals surface area contributed by atoms with E-state index in [-0.39, 0.29) is 5.41 Å². The van der Waals surface area contributed by atoms with Crippen molar-refractivity contribution in [1.29, 1.82) is 5.26 Å². The van der Waals surface area contributed by atoms with Crippen LogP contribution in [-0.4, -0.2) is 15.2 Å². The summed E-state index contributed by atoms with van der Waals surface area (Å²) in [6.07, 6.45) is 3.37. The van der Waals surface area contributed by atoms with Gasteiger partial charge in [-0.15, -0.1) is 10.2 Å². The molecular formula is C14H18N4. The molecule has 4 nitrogen and oxygen atoms in total. The van der Waals surface area contributed by atoms with Crippen molar-refractivity contribution in [3.63, 3.8) is 0 Å². The Labute approximate surface area is 108 Å². The highest BCUT2D eigenvalue weighted by molar-refractivity contribution is 5.83.